The summed E-state index contributed by atoms with van der Waals surface area (Å²) < 4.78 is 1.33. The van der Waals surface area contributed by atoms with Crippen LogP contribution in [0.5, 0.6) is 0 Å². The molecule has 1 saturated heterocycles. The fraction of sp³-hybridized carbons (Fsp3) is 0.308. The zero-order chi connectivity index (χ0) is 11.7. The van der Waals surface area contributed by atoms with Crippen molar-refractivity contribution in [1.29, 1.82) is 0 Å². The van der Waals surface area contributed by atoms with E-state index in [1.807, 2.05) is 0 Å². The molecule has 3 rings (SSSR count). The molecule has 1 fully saturated rings. The van der Waals surface area contributed by atoms with Gasteiger partial charge in [0, 0.05) is 17.8 Å². The van der Waals surface area contributed by atoms with Gasteiger partial charge in [-0.2, -0.15) is 0 Å². The van der Waals surface area contributed by atoms with Gasteiger partial charge in [-0.15, -0.1) is 11.3 Å². The number of hydrogen-bond acceptors (Lipinski definition) is 2. The highest BCUT2D eigenvalue weighted by Gasteiger charge is 2.15. The molecule has 0 unspecified atom stereocenters. The summed E-state index contributed by atoms with van der Waals surface area (Å²) in [6, 6.07) is 8.63. The number of nitrogens with two attached hydrogens (primary N) is 1. The van der Waals surface area contributed by atoms with Gasteiger partial charge >= 0.3 is 0 Å². The number of guanidine groups is 1. The minimum atomic E-state index is 0.675. The molecule has 0 radical (unpaired) electrons. The Labute approximate surface area is 105 Å². The first-order chi connectivity index (χ1) is 8.33. The van der Waals surface area contributed by atoms with Crippen molar-refractivity contribution in [1.82, 2.24) is 4.90 Å². The molecule has 0 atom stereocenters. The molecule has 1 aromatic heterocycles. The predicted molar refractivity (Wildman–Crippen MR) is 73.3 cm³/mol. The Balaban J connectivity index is 1.75. The van der Waals surface area contributed by atoms with Crippen molar-refractivity contribution in [2.24, 2.45) is 10.7 Å². The number of aliphatic imine (C=N–C) groups is 1. The Morgan fingerprint density at radius 2 is 2.24 bits per heavy atom. The van der Waals surface area contributed by atoms with Gasteiger partial charge in [-0.25, -0.2) is 4.99 Å². The Kier molecular flexibility index (Phi) is 2.73. The van der Waals surface area contributed by atoms with Gasteiger partial charge in [0.2, 0.25) is 0 Å². The van der Waals surface area contributed by atoms with Crippen molar-refractivity contribution in [3.8, 4) is 0 Å². The highest BCUT2D eigenvalue weighted by molar-refractivity contribution is 7.17. The summed E-state index contributed by atoms with van der Waals surface area (Å²) in [7, 11) is 0. The van der Waals surface area contributed by atoms with Crippen molar-refractivity contribution in [3.63, 3.8) is 0 Å². The number of hydrogen-bond donors (Lipinski definition) is 1. The van der Waals surface area contributed by atoms with Gasteiger partial charge in [0.25, 0.3) is 0 Å². The summed E-state index contributed by atoms with van der Waals surface area (Å²) >= 11 is 1.77. The molecular formula is C13H15N3S. The Hall–Kier alpha value is -1.55. The lowest BCUT2D eigenvalue weighted by Crippen LogP contribution is -2.46. The molecule has 17 heavy (non-hydrogen) atoms. The van der Waals surface area contributed by atoms with Crippen LogP contribution in [-0.4, -0.2) is 23.9 Å². The van der Waals surface area contributed by atoms with Gasteiger partial charge in [-0.05, 0) is 40.9 Å². The van der Waals surface area contributed by atoms with Crippen LogP contribution in [0.3, 0.4) is 0 Å². The first kappa shape index (κ1) is 10.6. The minimum absolute atomic E-state index is 0.675. The van der Waals surface area contributed by atoms with E-state index in [4.69, 9.17) is 5.73 Å². The molecule has 0 bridgehead atoms. The summed E-state index contributed by atoms with van der Waals surface area (Å²) in [5, 5.41) is 3.41. The molecule has 1 aliphatic rings. The second-order valence-electron chi connectivity index (χ2n) is 4.31. The van der Waals surface area contributed by atoms with Crippen molar-refractivity contribution in [3.05, 3.63) is 35.2 Å². The van der Waals surface area contributed by atoms with Crippen LogP contribution in [0.15, 0.2) is 34.6 Å². The lowest BCUT2D eigenvalue weighted by Gasteiger charge is -2.31. The quantitative estimate of drug-likeness (QED) is 0.652. The molecule has 0 amide bonds. The van der Waals surface area contributed by atoms with Crippen LogP contribution in [0.25, 0.3) is 10.1 Å². The Morgan fingerprint density at radius 3 is 3.00 bits per heavy atom. The topological polar surface area (TPSA) is 41.6 Å². The van der Waals surface area contributed by atoms with Gasteiger partial charge in [0.05, 0.1) is 6.54 Å². The summed E-state index contributed by atoms with van der Waals surface area (Å²) in [5.41, 5.74) is 7.12. The summed E-state index contributed by atoms with van der Waals surface area (Å²) in [4.78, 5) is 6.55. The molecule has 0 aliphatic carbocycles. The first-order valence-corrected chi connectivity index (χ1v) is 6.72. The Morgan fingerprint density at radius 1 is 1.35 bits per heavy atom. The zero-order valence-electron chi connectivity index (χ0n) is 9.60. The molecule has 3 nitrogen and oxygen atoms in total. The third-order valence-electron chi connectivity index (χ3n) is 3.12. The van der Waals surface area contributed by atoms with Crippen molar-refractivity contribution < 1.29 is 0 Å². The van der Waals surface area contributed by atoms with Crippen molar-refractivity contribution in [2.75, 3.05) is 13.1 Å². The molecule has 0 spiro atoms. The van der Waals surface area contributed by atoms with E-state index in [-0.39, 0.29) is 0 Å². The third kappa shape index (κ3) is 2.13. The maximum absolute atomic E-state index is 5.90. The van der Waals surface area contributed by atoms with Gasteiger partial charge in [0.1, 0.15) is 0 Å². The van der Waals surface area contributed by atoms with Crippen LogP contribution in [0.2, 0.25) is 0 Å². The van der Waals surface area contributed by atoms with Crippen molar-refractivity contribution >= 4 is 27.4 Å². The van der Waals surface area contributed by atoms with E-state index in [0.717, 1.165) is 13.1 Å². The number of benzene rings is 1. The molecule has 1 aromatic carbocycles. The van der Waals surface area contributed by atoms with E-state index >= 15 is 0 Å². The normalized spacial score (nSPS) is 16.2. The highest BCUT2D eigenvalue weighted by atomic mass is 32.1. The summed E-state index contributed by atoms with van der Waals surface area (Å²) in [5.74, 6) is 0.682. The van der Waals surface area contributed by atoms with E-state index in [1.165, 1.54) is 22.1 Å². The zero-order valence-corrected chi connectivity index (χ0v) is 10.4. The molecule has 0 saturated carbocycles. The number of nitrogens with zero attached hydrogens (tertiary/aromatic N) is 2. The van der Waals surface area contributed by atoms with Crippen LogP contribution in [0.4, 0.5) is 0 Å². The lowest BCUT2D eigenvalue weighted by molar-refractivity contribution is 0.295. The van der Waals surface area contributed by atoms with E-state index in [2.05, 4.69) is 39.5 Å². The maximum Gasteiger partial charge on any atom is 0.191 e. The van der Waals surface area contributed by atoms with E-state index in [9.17, 15) is 0 Å². The standard InChI is InChI=1S/C13H15N3S/c14-13(16-5-1-6-16)15-9-10-2-3-12-11(8-10)4-7-17-12/h2-4,7-8H,1,5-6,9H2,(H2,14,15). The number of rotatable bonds is 2. The molecule has 2 aromatic rings. The summed E-state index contributed by atoms with van der Waals surface area (Å²) in [6.45, 7) is 2.78. The molecule has 4 heteroatoms. The van der Waals surface area contributed by atoms with Gasteiger partial charge in [-0.1, -0.05) is 6.07 Å². The second-order valence-corrected chi connectivity index (χ2v) is 5.26. The second kappa shape index (κ2) is 4.37. The highest BCUT2D eigenvalue weighted by Crippen LogP contribution is 2.22. The number of likely N-dealkylation sites (tertiary alicyclic amines) is 1. The molecule has 88 valence electrons. The SMILES string of the molecule is NC(=NCc1ccc2sccc2c1)N1CCC1. The average molecular weight is 245 g/mol. The molecule has 2 heterocycles. The third-order valence-corrected chi connectivity index (χ3v) is 4.02. The lowest BCUT2D eigenvalue weighted by atomic mass is 10.2. The largest absolute Gasteiger partial charge is 0.370 e. The van der Waals surface area contributed by atoms with E-state index in [1.54, 1.807) is 11.3 Å². The van der Waals surface area contributed by atoms with Crippen LogP contribution >= 0.6 is 11.3 Å². The maximum atomic E-state index is 5.90. The first-order valence-electron chi connectivity index (χ1n) is 5.84. The minimum Gasteiger partial charge on any atom is -0.370 e. The van der Waals surface area contributed by atoms with E-state index < -0.39 is 0 Å². The van der Waals surface area contributed by atoms with Crippen LogP contribution < -0.4 is 5.73 Å². The molecule has 1 aliphatic heterocycles. The fourth-order valence-electron chi connectivity index (χ4n) is 1.93. The number of thiophene rings is 1. The van der Waals surface area contributed by atoms with Gasteiger partial charge in [-0.3, -0.25) is 0 Å². The monoisotopic (exact) mass is 245 g/mol. The Bertz CT molecular complexity index is 555. The van der Waals surface area contributed by atoms with Crippen molar-refractivity contribution in [2.45, 2.75) is 13.0 Å². The molecule has 2 N–H and O–H groups in total. The van der Waals surface area contributed by atoms with Crippen LogP contribution in [0, 0.1) is 0 Å². The summed E-state index contributed by atoms with van der Waals surface area (Å²) in [6.07, 6.45) is 1.23. The van der Waals surface area contributed by atoms with Gasteiger partial charge in [0.15, 0.2) is 5.96 Å². The smallest absolute Gasteiger partial charge is 0.191 e. The predicted octanol–water partition coefficient (Wildman–Crippen LogP) is 2.42. The van der Waals surface area contributed by atoms with Crippen LogP contribution in [-0.2, 0) is 6.54 Å². The number of fused-ring (bicyclic) bond motifs is 1. The molecular weight excluding hydrogens is 230 g/mol. The van der Waals surface area contributed by atoms with E-state index in [0.29, 0.717) is 12.5 Å². The fourth-order valence-corrected chi connectivity index (χ4v) is 2.70. The van der Waals surface area contributed by atoms with Crippen LogP contribution in [0.1, 0.15) is 12.0 Å². The van der Waals surface area contributed by atoms with Gasteiger partial charge < -0.3 is 10.6 Å². The average Bonchev–Trinajstić information content (AvgIpc) is 2.71.